The molecule has 1 aliphatic rings. The van der Waals surface area contributed by atoms with E-state index in [9.17, 15) is 0 Å². The van der Waals surface area contributed by atoms with Gasteiger partial charge in [-0.2, -0.15) is 0 Å². The van der Waals surface area contributed by atoms with Crippen molar-refractivity contribution in [2.45, 2.75) is 45.3 Å². The van der Waals surface area contributed by atoms with E-state index >= 15 is 0 Å². The van der Waals surface area contributed by atoms with Gasteiger partial charge in [0.25, 0.3) is 0 Å². The highest BCUT2D eigenvalue weighted by Crippen LogP contribution is 2.23. The first kappa shape index (κ1) is 12.9. The molecule has 0 saturated carbocycles. The third-order valence-electron chi connectivity index (χ3n) is 3.52. The largest absolute Gasteiger partial charge is 0.379 e. The minimum atomic E-state index is -0.0597. The molecule has 1 saturated heterocycles. The molecule has 90 valence electrons. The predicted octanol–water partition coefficient (Wildman–Crippen LogP) is 1.47. The number of hydrogen-bond donors (Lipinski definition) is 1. The molecule has 0 radical (unpaired) electrons. The number of nitrogens with zero attached hydrogens (tertiary/aromatic N) is 1. The van der Waals surface area contributed by atoms with Crippen molar-refractivity contribution in [1.82, 2.24) is 4.90 Å². The highest BCUT2D eigenvalue weighted by molar-refractivity contribution is 4.85. The van der Waals surface area contributed by atoms with Gasteiger partial charge in [-0.15, -0.1) is 0 Å². The van der Waals surface area contributed by atoms with E-state index in [4.69, 9.17) is 10.5 Å². The topological polar surface area (TPSA) is 38.5 Å². The van der Waals surface area contributed by atoms with E-state index < -0.39 is 0 Å². The van der Waals surface area contributed by atoms with E-state index in [1.54, 1.807) is 7.11 Å². The van der Waals surface area contributed by atoms with Crippen LogP contribution in [0.15, 0.2) is 0 Å². The molecule has 15 heavy (non-hydrogen) atoms. The van der Waals surface area contributed by atoms with Crippen molar-refractivity contribution >= 4 is 0 Å². The van der Waals surface area contributed by atoms with Crippen LogP contribution in [0.5, 0.6) is 0 Å². The summed E-state index contributed by atoms with van der Waals surface area (Å²) in [6.07, 6.45) is 2.33. The van der Waals surface area contributed by atoms with Crippen molar-refractivity contribution < 1.29 is 4.74 Å². The summed E-state index contributed by atoms with van der Waals surface area (Å²) in [5.74, 6) is 0.824. The van der Waals surface area contributed by atoms with Crippen molar-refractivity contribution in [3.05, 3.63) is 0 Å². The Hall–Kier alpha value is -0.120. The van der Waals surface area contributed by atoms with Crippen LogP contribution in [-0.4, -0.2) is 43.3 Å². The fraction of sp³-hybridized carbons (Fsp3) is 1.00. The Morgan fingerprint density at radius 1 is 1.53 bits per heavy atom. The minimum Gasteiger partial charge on any atom is -0.379 e. The highest BCUT2D eigenvalue weighted by Gasteiger charge is 2.29. The molecule has 0 aromatic heterocycles. The van der Waals surface area contributed by atoms with Crippen molar-refractivity contribution in [2.24, 2.45) is 11.7 Å². The molecule has 1 heterocycles. The van der Waals surface area contributed by atoms with Gasteiger partial charge < -0.3 is 10.5 Å². The van der Waals surface area contributed by atoms with Crippen molar-refractivity contribution in [3.63, 3.8) is 0 Å². The molecular weight excluding hydrogens is 188 g/mol. The van der Waals surface area contributed by atoms with Crippen LogP contribution in [0, 0.1) is 5.92 Å². The smallest absolute Gasteiger partial charge is 0.0638 e. The van der Waals surface area contributed by atoms with Crippen LogP contribution >= 0.6 is 0 Å². The molecule has 0 amide bonds. The predicted molar refractivity (Wildman–Crippen MR) is 63.9 cm³/mol. The first-order valence-corrected chi connectivity index (χ1v) is 5.98. The quantitative estimate of drug-likeness (QED) is 0.753. The maximum absolute atomic E-state index is 5.86. The Morgan fingerprint density at radius 3 is 2.60 bits per heavy atom. The van der Waals surface area contributed by atoms with Gasteiger partial charge in [-0.05, 0) is 39.2 Å². The number of rotatable bonds is 5. The zero-order valence-corrected chi connectivity index (χ0v) is 10.6. The van der Waals surface area contributed by atoms with E-state index in [2.05, 4.69) is 25.7 Å². The monoisotopic (exact) mass is 214 g/mol. The summed E-state index contributed by atoms with van der Waals surface area (Å²) >= 11 is 0. The fourth-order valence-electron chi connectivity index (χ4n) is 2.31. The lowest BCUT2D eigenvalue weighted by molar-refractivity contribution is -0.00511. The molecule has 1 aliphatic heterocycles. The van der Waals surface area contributed by atoms with Gasteiger partial charge in [-0.25, -0.2) is 0 Å². The van der Waals surface area contributed by atoms with Gasteiger partial charge in [0, 0.05) is 26.2 Å². The Labute approximate surface area is 94.0 Å². The summed E-state index contributed by atoms with van der Waals surface area (Å²) < 4.78 is 5.47. The van der Waals surface area contributed by atoms with E-state index in [0.29, 0.717) is 6.04 Å². The molecule has 0 aromatic carbocycles. The Bertz CT molecular complexity index is 194. The van der Waals surface area contributed by atoms with Gasteiger partial charge in [0.1, 0.15) is 0 Å². The van der Waals surface area contributed by atoms with Crippen LogP contribution in [-0.2, 0) is 4.74 Å². The molecule has 3 nitrogen and oxygen atoms in total. The maximum atomic E-state index is 5.86. The third-order valence-corrected chi connectivity index (χ3v) is 3.52. The summed E-state index contributed by atoms with van der Waals surface area (Å²) in [6, 6.07) is 0.477. The molecular formula is C12H26N2O. The van der Waals surface area contributed by atoms with Gasteiger partial charge >= 0.3 is 0 Å². The van der Waals surface area contributed by atoms with Crippen LogP contribution in [0.1, 0.15) is 33.6 Å². The molecule has 0 aromatic rings. The number of likely N-dealkylation sites (tertiary alicyclic amines) is 1. The number of ether oxygens (including phenoxy) is 1. The summed E-state index contributed by atoms with van der Waals surface area (Å²) in [5, 5.41) is 0. The lowest BCUT2D eigenvalue weighted by Gasteiger charge is -2.33. The molecule has 1 rings (SSSR count). The lowest BCUT2D eigenvalue weighted by Crippen LogP contribution is -2.44. The Balaban J connectivity index is 2.49. The number of methoxy groups -OCH3 is 1. The Kier molecular flexibility index (Phi) is 4.56. The Morgan fingerprint density at radius 2 is 2.20 bits per heavy atom. The zero-order chi connectivity index (χ0) is 11.5. The van der Waals surface area contributed by atoms with E-state index in [1.807, 2.05) is 0 Å². The molecule has 0 spiro atoms. The van der Waals surface area contributed by atoms with Crippen LogP contribution in [0.2, 0.25) is 0 Å². The second kappa shape index (κ2) is 5.28. The van der Waals surface area contributed by atoms with Gasteiger partial charge in [0.2, 0.25) is 0 Å². The average Bonchev–Trinajstić information content (AvgIpc) is 2.61. The highest BCUT2D eigenvalue weighted by atomic mass is 16.5. The molecule has 2 N–H and O–H groups in total. The molecule has 2 atom stereocenters. The summed E-state index contributed by atoms with van der Waals surface area (Å²) in [7, 11) is 1.78. The van der Waals surface area contributed by atoms with Crippen LogP contribution < -0.4 is 5.73 Å². The summed E-state index contributed by atoms with van der Waals surface area (Å²) in [4.78, 5) is 2.52. The normalized spacial score (nSPS) is 25.8. The van der Waals surface area contributed by atoms with Crippen molar-refractivity contribution in [2.75, 3.05) is 26.7 Å². The van der Waals surface area contributed by atoms with Crippen LogP contribution in [0.25, 0.3) is 0 Å². The second-order valence-corrected chi connectivity index (χ2v) is 5.45. The van der Waals surface area contributed by atoms with E-state index in [1.165, 1.54) is 19.5 Å². The maximum Gasteiger partial charge on any atom is 0.0638 e. The van der Waals surface area contributed by atoms with E-state index in [-0.39, 0.29) is 5.60 Å². The van der Waals surface area contributed by atoms with Crippen molar-refractivity contribution in [3.8, 4) is 0 Å². The lowest BCUT2D eigenvalue weighted by atomic mass is 9.98. The van der Waals surface area contributed by atoms with Crippen molar-refractivity contribution in [1.29, 1.82) is 0 Å². The SMILES string of the molecule is COC(C)(C)CC(CN)N1CCC(C)C1. The van der Waals surface area contributed by atoms with Gasteiger partial charge in [-0.1, -0.05) is 6.92 Å². The standard InChI is InChI=1S/C12H26N2O/c1-10-5-6-14(9-10)11(8-13)7-12(2,3)15-4/h10-11H,5-9,13H2,1-4H3. The van der Waals surface area contributed by atoms with Crippen LogP contribution in [0.4, 0.5) is 0 Å². The molecule has 2 unspecified atom stereocenters. The average molecular weight is 214 g/mol. The first-order chi connectivity index (χ1) is 6.98. The third kappa shape index (κ3) is 3.74. The summed E-state index contributed by atoms with van der Waals surface area (Å²) in [5.41, 5.74) is 5.80. The van der Waals surface area contributed by atoms with Gasteiger partial charge in [0.05, 0.1) is 5.60 Å². The van der Waals surface area contributed by atoms with E-state index in [0.717, 1.165) is 18.9 Å². The number of hydrogen-bond acceptors (Lipinski definition) is 3. The zero-order valence-electron chi connectivity index (χ0n) is 10.6. The van der Waals surface area contributed by atoms with Gasteiger partial charge in [0.15, 0.2) is 0 Å². The number of nitrogens with two attached hydrogens (primary N) is 1. The summed E-state index contributed by atoms with van der Waals surface area (Å²) in [6.45, 7) is 9.71. The fourth-order valence-corrected chi connectivity index (χ4v) is 2.31. The second-order valence-electron chi connectivity index (χ2n) is 5.45. The molecule has 0 aliphatic carbocycles. The van der Waals surface area contributed by atoms with Crippen LogP contribution in [0.3, 0.4) is 0 Å². The molecule has 0 bridgehead atoms. The molecule has 3 heteroatoms. The minimum absolute atomic E-state index is 0.0597. The first-order valence-electron chi connectivity index (χ1n) is 5.98. The molecule has 1 fully saturated rings. The van der Waals surface area contributed by atoms with Gasteiger partial charge in [-0.3, -0.25) is 4.90 Å².